The maximum absolute atomic E-state index is 13.5. The number of benzene rings is 1. The fourth-order valence-corrected chi connectivity index (χ4v) is 6.09. The molecule has 3 aromatic rings. The molecule has 5 rings (SSSR count). The molecule has 2 fully saturated rings. The summed E-state index contributed by atoms with van der Waals surface area (Å²) in [6, 6.07) is 9.77. The van der Waals surface area contributed by atoms with Gasteiger partial charge in [-0.25, -0.2) is 15.0 Å². The van der Waals surface area contributed by atoms with Crippen LogP contribution in [0.3, 0.4) is 0 Å². The number of aromatic amines is 1. The number of piperidine rings is 1. The molecule has 1 spiro atoms. The zero-order chi connectivity index (χ0) is 29.5. The molecule has 1 aliphatic carbocycles. The predicted molar refractivity (Wildman–Crippen MR) is 167 cm³/mol. The molecule has 1 aromatic carbocycles. The van der Waals surface area contributed by atoms with E-state index in [-0.39, 0.29) is 23.3 Å². The van der Waals surface area contributed by atoms with Crippen molar-refractivity contribution in [3.63, 3.8) is 0 Å². The third-order valence-electron chi connectivity index (χ3n) is 8.96. The summed E-state index contributed by atoms with van der Waals surface area (Å²) in [7, 11) is 2.16. The Kier molecular flexibility index (Phi) is 9.47. The lowest BCUT2D eigenvalue weighted by atomic mass is 9.91. The number of pyridine rings is 1. The number of imidazole rings is 1. The molecule has 9 nitrogen and oxygen atoms in total. The zero-order valence-corrected chi connectivity index (χ0v) is 24.8. The van der Waals surface area contributed by atoms with Gasteiger partial charge in [0.2, 0.25) is 5.91 Å². The number of Topliss-reactive ketones (excluding diaryl/α,β-unsaturated/α-hetero) is 1. The quantitative estimate of drug-likeness (QED) is 0.181. The number of unbranched alkanes of at least 4 members (excludes halogenated alkanes) is 2. The first-order chi connectivity index (χ1) is 20.4. The number of nitrogens with one attached hydrogen (secondary N) is 2. The lowest BCUT2D eigenvalue weighted by molar-refractivity contribution is -0.124. The fraction of sp³-hybridized carbons (Fsp3) is 0.485. The van der Waals surface area contributed by atoms with Gasteiger partial charge in [0, 0.05) is 35.9 Å². The van der Waals surface area contributed by atoms with E-state index in [0.29, 0.717) is 24.4 Å². The van der Waals surface area contributed by atoms with Crippen molar-refractivity contribution in [1.29, 1.82) is 0 Å². The first kappa shape index (κ1) is 29.6. The standard InChI is InChI=1S/C33H43N7O2/c1-3-25(41)8-5-4-6-9-28(39-32(42)26-21-33(26)14-18-40(2)19-15-33)31-36-22-29(38-31)24-10-12-27-23(20-24)11-13-30(37-27)35-17-7-16-34/h7,10-13,16-17,20,22,26,28H,3-6,8-9,14-15,18-19,21,34H2,1-2H3,(H,36,38)(H,39,42)/b16-7-,35-17?/t26-,28+/m1/s1. The number of rotatable bonds is 13. The second-order valence-electron chi connectivity index (χ2n) is 11.9. The van der Waals surface area contributed by atoms with Crippen LogP contribution in [-0.4, -0.2) is 57.9 Å². The average molecular weight is 570 g/mol. The van der Waals surface area contributed by atoms with Crippen LogP contribution in [0.15, 0.2) is 53.8 Å². The number of hydrogen-bond acceptors (Lipinski definition) is 7. The van der Waals surface area contributed by atoms with Crippen LogP contribution < -0.4 is 11.1 Å². The van der Waals surface area contributed by atoms with Crippen molar-refractivity contribution in [3.05, 3.63) is 54.6 Å². The molecule has 1 saturated heterocycles. The van der Waals surface area contributed by atoms with Gasteiger partial charge in [-0.05, 0) is 94.2 Å². The molecule has 1 aliphatic heterocycles. The van der Waals surface area contributed by atoms with Crippen molar-refractivity contribution in [3.8, 4) is 11.3 Å². The smallest absolute Gasteiger partial charge is 0.224 e. The number of fused-ring (bicyclic) bond motifs is 1. The molecule has 0 bridgehead atoms. The van der Waals surface area contributed by atoms with Crippen LogP contribution in [-0.2, 0) is 9.59 Å². The van der Waals surface area contributed by atoms with Crippen molar-refractivity contribution in [2.75, 3.05) is 20.1 Å². The van der Waals surface area contributed by atoms with Crippen molar-refractivity contribution < 1.29 is 9.59 Å². The van der Waals surface area contributed by atoms with Crippen LogP contribution in [0.1, 0.15) is 76.6 Å². The molecule has 222 valence electrons. The van der Waals surface area contributed by atoms with Gasteiger partial charge in [0.1, 0.15) is 11.6 Å². The Morgan fingerprint density at radius 2 is 2.05 bits per heavy atom. The van der Waals surface area contributed by atoms with Gasteiger partial charge in [0.25, 0.3) is 0 Å². The highest BCUT2D eigenvalue weighted by molar-refractivity contribution is 5.86. The van der Waals surface area contributed by atoms with E-state index in [1.807, 2.05) is 37.4 Å². The Hall–Kier alpha value is -3.85. The first-order valence-corrected chi connectivity index (χ1v) is 15.3. The van der Waals surface area contributed by atoms with Crippen LogP contribution >= 0.6 is 0 Å². The average Bonchev–Trinajstić information content (AvgIpc) is 3.48. The summed E-state index contributed by atoms with van der Waals surface area (Å²) in [5, 5.41) is 4.36. The van der Waals surface area contributed by atoms with E-state index in [1.165, 1.54) is 6.20 Å². The van der Waals surface area contributed by atoms with Crippen molar-refractivity contribution in [2.24, 2.45) is 22.1 Å². The third kappa shape index (κ3) is 7.13. The Labute approximate surface area is 248 Å². The van der Waals surface area contributed by atoms with Crippen LogP contribution in [0.2, 0.25) is 0 Å². The minimum Gasteiger partial charge on any atom is -0.405 e. The number of allylic oxidation sites excluding steroid dienone is 1. The Morgan fingerprint density at radius 1 is 1.21 bits per heavy atom. The maximum Gasteiger partial charge on any atom is 0.224 e. The van der Waals surface area contributed by atoms with Crippen LogP contribution in [0.4, 0.5) is 5.82 Å². The first-order valence-electron chi connectivity index (χ1n) is 15.3. The van der Waals surface area contributed by atoms with Gasteiger partial charge in [-0.2, -0.15) is 0 Å². The number of carbonyl (C=O) groups is 2. The Bertz CT molecular complexity index is 1450. The highest BCUT2D eigenvalue weighted by Gasteiger charge is 2.58. The van der Waals surface area contributed by atoms with Gasteiger partial charge in [-0.1, -0.05) is 25.8 Å². The monoisotopic (exact) mass is 569 g/mol. The lowest BCUT2D eigenvalue weighted by Gasteiger charge is -2.30. The normalized spacial score (nSPS) is 19.1. The van der Waals surface area contributed by atoms with Crippen LogP contribution in [0.5, 0.6) is 0 Å². The van der Waals surface area contributed by atoms with Crippen molar-refractivity contribution >= 4 is 34.6 Å². The number of nitrogens with two attached hydrogens (primary N) is 1. The predicted octanol–water partition coefficient (Wildman–Crippen LogP) is 5.62. The summed E-state index contributed by atoms with van der Waals surface area (Å²) < 4.78 is 0. The largest absolute Gasteiger partial charge is 0.405 e. The second-order valence-corrected chi connectivity index (χ2v) is 11.9. The number of nitrogens with zero attached hydrogens (tertiary/aromatic N) is 4. The highest BCUT2D eigenvalue weighted by Crippen LogP contribution is 2.59. The number of H-pyrrole nitrogens is 1. The third-order valence-corrected chi connectivity index (χ3v) is 8.96. The molecule has 2 aromatic heterocycles. The van der Waals surface area contributed by atoms with E-state index in [9.17, 15) is 9.59 Å². The van der Waals surface area contributed by atoms with Gasteiger partial charge in [-0.15, -0.1) is 0 Å². The van der Waals surface area contributed by atoms with Crippen molar-refractivity contribution in [2.45, 2.75) is 70.8 Å². The molecule has 0 radical (unpaired) electrons. The highest BCUT2D eigenvalue weighted by atomic mass is 16.2. The SMILES string of the molecule is CCC(=O)CCCCC[C@H](NC(=O)[C@H]1CC12CCN(C)CC2)c1ncc(-c2ccc3nc(N=C/C=C\N)ccc3c2)[nH]1. The van der Waals surface area contributed by atoms with E-state index < -0.39 is 0 Å². The van der Waals surface area contributed by atoms with Crippen molar-refractivity contribution in [1.82, 2.24) is 25.2 Å². The number of amides is 1. The molecule has 2 aliphatic rings. The molecule has 2 atom stereocenters. The summed E-state index contributed by atoms with van der Waals surface area (Å²) in [6.45, 7) is 4.04. The van der Waals surface area contributed by atoms with E-state index in [4.69, 9.17) is 10.7 Å². The molecule has 3 heterocycles. The summed E-state index contributed by atoms with van der Waals surface area (Å²) in [4.78, 5) is 44.7. The van der Waals surface area contributed by atoms with Crippen LogP contribution in [0, 0.1) is 11.3 Å². The number of ketones is 1. The van der Waals surface area contributed by atoms with Crippen LogP contribution in [0.25, 0.3) is 22.2 Å². The molecule has 1 saturated carbocycles. The Balaban J connectivity index is 1.28. The van der Waals surface area contributed by atoms with E-state index >= 15 is 0 Å². The molecule has 4 N–H and O–H groups in total. The number of carbonyl (C=O) groups excluding carboxylic acids is 2. The minimum atomic E-state index is -0.192. The summed E-state index contributed by atoms with van der Waals surface area (Å²) in [5.74, 6) is 1.95. The second kappa shape index (κ2) is 13.4. The molecule has 9 heteroatoms. The molecule has 42 heavy (non-hydrogen) atoms. The number of aromatic nitrogens is 3. The van der Waals surface area contributed by atoms with Gasteiger partial charge in [0.15, 0.2) is 5.82 Å². The number of likely N-dealkylation sites (tertiary alicyclic amines) is 1. The van der Waals surface area contributed by atoms with E-state index in [1.54, 1.807) is 12.3 Å². The lowest BCUT2D eigenvalue weighted by Crippen LogP contribution is -2.36. The molecule has 1 amide bonds. The minimum absolute atomic E-state index is 0.0962. The van der Waals surface area contributed by atoms with Gasteiger partial charge in [0.05, 0.1) is 23.4 Å². The summed E-state index contributed by atoms with van der Waals surface area (Å²) >= 11 is 0. The zero-order valence-electron chi connectivity index (χ0n) is 24.8. The van der Waals surface area contributed by atoms with Gasteiger partial charge < -0.3 is 20.9 Å². The topological polar surface area (TPSA) is 129 Å². The number of hydrogen-bond donors (Lipinski definition) is 3. The summed E-state index contributed by atoms with van der Waals surface area (Å²) in [6.07, 6.45) is 14.5. The summed E-state index contributed by atoms with van der Waals surface area (Å²) in [5.41, 5.74) is 8.30. The number of aliphatic imine (C=N–C) groups is 1. The van der Waals surface area contributed by atoms with E-state index in [0.717, 1.165) is 86.0 Å². The van der Waals surface area contributed by atoms with E-state index in [2.05, 4.69) is 38.3 Å². The molecular weight excluding hydrogens is 526 g/mol. The molecular formula is C33H43N7O2. The fourth-order valence-electron chi connectivity index (χ4n) is 6.09. The molecule has 0 unspecified atom stereocenters. The van der Waals surface area contributed by atoms with Gasteiger partial charge >= 0.3 is 0 Å². The maximum atomic E-state index is 13.5. The van der Waals surface area contributed by atoms with Gasteiger partial charge in [-0.3, -0.25) is 9.59 Å². The Morgan fingerprint density at radius 3 is 2.83 bits per heavy atom.